The number of hydrogen-bond donors (Lipinski definition) is 2. The van der Waals surface area contributed by atoms with Crippen LogP contribution < -0.4 is 10.1 Å². The molecule has 8 nitrogen and oxygen atoms in total. The minimum atomic E-state index is -0.564. The van der Waals surface area contributed by atoms with Crippen molar-refractivity contribution in [3.63, 3.8) is 0 Å². The molecule has 2 atom stereocenters. The zero-order chi connectivity index (χ0) is 29.3. The van der Waals surface area contributed by atoms with E-state index in [1.54, 1.807) is 7.11 Å². The van der Waals surface area contributed by atoms with Gasteiger partial charge in [0.2, 0.25) is 11.8 Å². The van der Waals surface area contributed by atoms with Gasteiger partial charge in [0.1, 0.15) is 17.6 Å². The summed E-state index contributed by atoms with van der Waals surface area (Å²) in [7, 11) is 1.60. The van der Waals surface area contributed by atoms with E-state index >= 15 is 0 Å². The van der Waals surface area contributed by atoms with Crippen LogP contribution >= 0.6 is 0 Å². The fourth-order valence-electron chi connectivity index (χ4n) is 6.29. The third-order valence-corrected chi connectivity index (χ3v) is 8.59. The molecule has 0 bridgehead atoms. The SMILES string of the molecule is COc1ccc2c(c1)C(CC(=O)N1CCN(Cc3ccccc3)CC1c1ncc(-c3ccc4ccccc4c3)[nH]1)C(=O)N2. The molecule has 7 rings (SSSR count). The van der Waals surface area contributed by atoms with Gasteiger partial charge in [0, 0.05) is 43.9 Å². The average Bonchev–Trinajstić information content (AvgIpc) is 3.66. The van der Waals surface area contributed by atoms with Gasteiger partial charge in [-0.3, -0.25) is 14.5 Å². The molecule has 43 heavy (non-hydrogen) atoms. The van der Waals surface area contributed by atoms with Crippen LogP contribution in [0.3, 0.4) is 0 Å². The molecule has 8 heteroatoms. The lowest BCUT2D eigenvalue weighted by atomic mass is 9.95. The maximum Gasteiger partial charge on any atom is 0.232 e. The summed E-state index contributed by atoms with van der Waals surface area (Å²) >= 11 is 0. The Morgan fingerprint density at radius 1 is 0.953 bits per heavy atom. The molecule has 0 spiro atoms. The average molecular weight is 572 g/mol. The first-order valence-corrected chi connectivity index (χ1v) is 14.6. The molecule has 1 aromatic heterocycles. The number of ether oxygens (including phenoxy) is 1. The summed E-state index contributed by atoms with van der Waals surface area (Å²) in [6, 6.07) is 30.2. The minimum absolute atomic E-state index is 0.0659. The third kappa shape index (κ3) is 5.37. The van der Waals surface area contributed by atoms with Gasteiger partial charge in [-0.15, -0.1) is 0 Å². The predicted octanol–water partition coefficient (Wildman–Crippen LogP) is 5.75. The van der Waals surface area contributed by atoms with Crippen LogP contribution in [0.1, 0.15) is 35.3 Å². The van der Waals surface area contributed by atoms with Gasteiger partial charge >= 0.3 is 0 Å². The highest BCUT2D eigenvalue weighted by Gasteiger charge is 2.38. The molecular formula is C35H33N5O3. The molecule has 216 valence electrons. The van der Waals surface area contributed by atoms with E-state index in [-0.39, 0.29) is 24.3 Å². The Balaban J connectivity index is 1.17. The fraction of sp³-hybridized carbons (Fsp3) is 0.229. The number of carbonyl (C=O) groups excluding carboxylic acids is 2. The summed E-state index contributed by atoms with van der Waals surface area (Å²) in [5.41, 5.74) is 4.71. The first kappa shape index (κ1) is 26.9. The van der Waals surface area contributed by atoms with Crippen molar-refractivity contribution < 1.29 is 14.3 Å². The number of nitrogens with zero attached hydrogens (tertiary/aromatic N) is 3. The van der Waals surface area contributed by atoms with Crippen molar-refractivity contribution in [2.45, 2.75) is 24.9 Å². The Morgan fingerprint density at radius 3 is 2.60 bits per heavy atom. The van der Waals surface area contributed by atoms with Gasteiger partial charge in [-0.25, -0.2) is 4.98 Å². The van der Waals surface area contributed by atoms with E-state index in [9.17, 15) is 9.59 Å². The number of rotatable bonds is 7. The highest BCUT2D eigenvalue weighted by molar-refractivity contribution is 6.05. The molecule has 0 saturated carbocycles. The highest BCUT2D eigenvalue weighted by Crippen LogP contribution is 2.38. The standard InChI is InChI=1S/C35H33N5O3/c1-43-27-13-14-30-28(18-27)29(35(42)38-30)19-33(41)40-16-15-39(21-23-7-3-2-4-8-23)22-32(40)34-36-20-31(37-34)26-12-11-24-9-5-6-10-25(24)17-26/h2-14,17-18,20,29,32H,15-16,19,21-22H2,1H3,(H,36,37)(H,38,42). The number of fused-ring (bicyclic) bond motifs is 2. The first-order chi connectivity index (χ1) is 21.1. The number of piperazine rings is 1. The van der Waals surface area contributed by atoms with Gasteiger partial charge in [-0.2, -0.15) is 0 Å². The Hall–Kier alpha value is -4.95. The summed E-state index contributed by atoms with van der Waals surface area (Å²) in [5, 5.41) is 5.27. The van der Waals surface area contributed by atoms with Crippen molar-refractivity contribution in [2.75, 3.05) is 32.1 Å². The Morgan fingerprint density at radius 2 is 1.77 bits per heavy atom. The number of nitrogens with one attached hydrogen (secondary N) is 2. The van der Waals surface area contributed by atoms with Gasteiger partial charge in [0.15, 0.2) is 0 Å². The van der Waals surface area contributed by atoms with E-state index in [0.717, 1.165) is 46.8 Å². The second-order valence-corrected chi connectivity index (χ2v) is 11.3. The molecule has 3 heterocycles. The molecule has 2 N–H and O–H groups in total. The van der Waals surface area contributed by atoms with E-state index in [1.165, 1.54) is 10.9 Å². The molecule has 1 fully saturated rings. The number of benzene rings is 4. The van der Waals surface area contributed by atoms with Crippen molar-refractivity contribution in [2.24, 2.45) is 0 Å². The molecule has 2 aliphatic heterocycles. The first-order valence-electron chi connectivity index (χ1n) is 14.6. The minimum Gasteiger partial charge on any atom is -0.497 e. The van der Waals surface area contributed by atoms with Gasteiger partial charge in [-0.05, 0) is 46.2 Å². The second-order valence-electron chi connectivity index (χ2n) is 11.3. The van der Waals surface area contributed by atoms with Crippen molar-refractivity contribution in [1.82, 2.24) is 19.8 Å². The maximum absolute atomic E-state index is 14.0. The summed E-state index contributed by atoms with van der Waals surface area (Å²) in [4.78, 5) is 39.6. The zero-order valence-electron chi connectivity index (χ0n) is 24.0. The zero-order valence-corrected chi connectivity index (χ0v) is 24.0. The van der Waals surface area contributed by atoms with Crippen LogP contribution in [0, 0.1) is 0 Å². The number of carbonyl (C=O) groups is 2. The molecule has 4 aromatic carbocycles. The smallest absolute Gasteiger partial charge is 0.232 e. The van der Waals surface area contributed by atoms with E-state index in [0.29, 0.717) is 18.8 Å². The topological polar surface area (TPSA) is 90.6 Å². The van der Waals surface area contributed by atoms with Gasteiger partial charge in [0.25, 0.3) is 0 Å². The fourth-order valence-corrected chi connectivity index (χ4v) is 6.29. The normalized spacial score (nSPS) is 18.4. The summed E-state index contributed by atoms with van der Waals surface area (Å²) in [5.74, 6) is 0.616. The van der Waals surface area contributed by atoms with Crippen LogP contribution in [-0.4, -0.2) is 58.3 Å². The Bertz CT molecular complexity index is 1800. The number of H-pyrrole nitrogens is 1. The third-order valence-electron chi connectivity index (χ3n) is 8.59. The number of aromatic nitrogens is 2. The molecular weight excluding hydrogens is 538 g/mol. The number of aromatic amines is 1. The molecule has 2 unspecified atom stereocenters. The lowest BCUT2D eigenvalue weighted by molar-refractivity contribution is -0.138. The molecule has 0 aliphatic carbocycles. The van der Waals surface area contributed by atoms with E-state index in [1.807, 2.05) is 47.5 Å². The Kier molecular flexibility index (Phi) is 7.12. The number of hydrogen-bond acceptors (Lipinski definition) is 5. The molecule has 0 radical (unpaired) electrons. The largest absolute Gasteiger partial charge is 0.497 e. The summed E-state index contributed by atoms with van der Waals surface area (Å²) in [6.45, 7) is 2.70. The van der Waals surface area contributed by atoms with Crippen molar-refractivity contribution in [1.29, 1.82) is 0 Å². The highest BCUT2D eigenvalue weighted by atomic mass is 16.5. The van der Waals surface area contributed by atoms with Gasteiger partial charge in [-0.1, -0.05) is 66.7 Å². The molecule has 2 aliphatic rings. The van der Waals surface area contributed by atoms with Crippen LogP contribution in [0.15, 0.2) is 97.2 Å². The van der Waals surface area contributed by atoms with E-state index in [4.69, 9.17) is 9.72 Å². The van der Waals surface area contributed by atoms with Gasteiger partial charge < -0.3 is 19.9 Å². The summed E-state index contributed by atoms with van der Waals surface area (Å²) in [6.07, 6.45) is 1.94. The quantitative estimate of drug-likeness (QED) is 0.260. The number of imidazole rings is 1. The van der Waals surface area contributed by atoms with Crippen LogP contribution in [-0.2, 0) is 16.1 Å². The predicted molar refractivity (Wildman–Crippen MR) is 167 cm³/mol. The number of anilines is 1. The van der Waals surface area contributed by atoms with Crippen LogP contribution in [0.25, 0.3) is 22.0 Å². The molecule has 2 amide bonds. The van der Waals surface area contributed by atoms with Crippen molar-refractivity contribution >= 4 is 28.3 Å². The maximum atomic E-state index is 14.0. The monoisotopic (exact) mass is 571 g/mol. The summed E-state index contributed by atoms with van der Waals surface area (Å²) < 4.78 is 5.39. The lowest BCUT2D eigenvalue weighted by Crippen LogP contribution is -2.51. The Labute approximate surface area is 250 Å². The number of methoxy groups -OCH3 is 1. The van der Waals surface area contributed by atoms with Crippen molar-refractivity contribution in [3.05, 3.63) is 114 Å². The van der Waals surface area contributed by atoms with E-state index < -0.39 is 5.92 Å². The van der Waals surface area contributed by atoms with E-state index in [2.05, 4.69) is 69.8 Å². The number of amides is 2. The van der Waals surface area contributed by atoms with Crippen LogP contribution in [0.4, 0.5) is 5.69 Å². The van der Waals surface area contributed by atoms with Gasteiger partial charge in [0.05, 0.1) is 24.9 Å². The van der Waals surface area contributed by atoms with Crippen LogP contribution in [0.2, 0.25) is 0 Å². The second kappa shape index (κ2) is 11.4. The van der Waals surface area contributed by atoms with Crippen molar-refractivity contribution in [3.8, 4) is 17.0 Å². The lowest BCUT2D eigenvalue weighted by Gasteiger charge is -2.41. The molecule has 5 aromatic rings. The van der Waals surface area contributed by atoms with Crippen LogP contribution in [0.5, 0.6) is 5.75 Å². The molecule has 1 saturated heterocycles.